The van der Waals surface area contributed by atoms with Gasteiger partial charge in [-0.15, -0.1) is 0 Å². The van der Waals surface area contributed by atoms with Gasteiger partial charge >= 0.3 is 12.1 Å². The molecule has 1 fully saturated rings. The molecule has 4 heterocycles. The number of nitrogens with one attached hydrogen (secondary N) is 1. The minimum absolute atomic E-state index is 0.0126. The van der Waals surface area contributed by atoms with E-state index in [4.69, 9.17) is 37.5 Å². The Morgan fingerprint density at radius 2 is 1.42 bits per heavy atom. The number of hydrogen-bond acceptors (Lipinski definition) is 11. The Labute approximate surface area is 341 Å². The van der Waals surface area contributed by atoms with Gasteiger partial charge in [0.05, 0.1) is 38.5 Å². The van der Waals surface area contributed by atoms with Gasteiger partial charge in [0.2, 0.25) is 5.78 Å². The number of fused-ring (bicyclic) bond motifs is 2. The molecule has 3 aromatic rings. The van der Waals surface area contributed by atoms with E-state index < -0.39 is 67.6 Å². The number of carbonyl (C=O) groups is 2. The van der Waals surface area contributed by atoms with Crippen LogP contribution in [0.2, 0.25) is 54.4 Å². The molecule has 0 aromatic carbocycles. The van der Waals surface area contributed by atoms with Gasteiger partial charge in [-0.1, -0.05) is 62.3 Å². The van der Waals surface area contributed by atoms with Crippen molar-refractivity contribution in [2.75, 3.05) is 20.8 Å². The molecule has 322 valence electrons. The molecule has 0 spiro atoms. The maximum Gasteiger partial charge on any atom is 0.407 e. The second kappa shape index (κ2) is 16.3. The molecule has 3 aromatic heterocycles. The third-order valence-electron chi connectivity index (χ3n) is 13.0. The van der Waals surface area contributed by atoms with E-state index in [0.29, 0.717) is 29.4 Å². The molecule has 5 atom stereocenters. The number of alkyl carbamates (subject to hydrolysis) is 1. The van der Waals surface area contributed by atoms with Crippen molar-refractivity contribution in [3.8, 4) is 0 Å². The van der Waals surface area contributed by atoms with Crippen molar-refractivity contribution in [3.05, 3.63) is 28.1 Å². The number of nitrogens with zero attached hydrogens (tertiary/aromatic N) is 5. The summed E-state index contributed by atoms with van der Waals surface area (Å²) in [6.45, 7) is 35.6. The van der Waals surface area contributed by atoms with Crippen LogP contribution < -0.4 is 10.9 Å². The quantitative estimate of drug-likeness (QED) is 0.137. The van der Waals surface area contributed by atoms with Crippen LogP contribution in [0.1, 0.15) is 86.4 Å². The molecule has 0 unspecified atom stereocenters. The fourth-order valence-electron chi connectivity index (χ4n) is 6.25. The highest BCUT2D eigenvalue weighted by Crippen LogP contribution is 2.47. The van der Waals surface area contributed by atoms with Gasteiger partial charge in [0.25, 0.3) is 5.56 Å². The Balaban J connectivity index is 1.90. The van der Waals surface area contributed by atoms with Crippen molar-refractivity contribution in [2.45, 2.75) is 167 Å². The molecule has 1 N–H and O–H groups in total. The SMILES string of the molecule is COC(=O)N[C@@H](CCc1c(C)nc2n(C)c3c(ncn3[C@@H]3O[C@H](CO[Si](C)(C)C(C)(C)C)[C@@H](O[Si](C)(C)C(C)(C)C)[C@H]3O[Si](C)(C)C(C)(C)C)c(=O)n12)C(=O)OC. The lowest BCUT2D eigenvalue weighted by Crippen LogP contribution is -2.54. The summed E-state index contributed by atoms with van der Waals surface area (Å²) in [7, 11) is -2.72. The summed E-state index contributed by atoms with van der Waals surface area (Å²) in [5.41, 5.74) is 1.57. The topological polar surface area (TPSA) is 159 Å². The first kappa shape index (κ1) is 46.8. The van der Waals surface area contributed by atoms with Crippen LogP contribution in [0.15, 0.2) is 11.1 Å². The first-order valence-corrected chi connectivity index (χ1v) is 28.6. The number of aromatic nitrogens is 5. The molecular weight excluding hydrogens is 781 g/mol. The van der Waals surface area contributed by atoms with Gasteiger partial charge in [0.15, 0.2) is 42.3 Å². The van der Waals surface area contributed by atoms with E-state index in [1.54, 1.807) is 6.33 Å². The molecule has 4 rings (SSSR count). The molecule has 0 radical (unpaired) electrons. The minimum atomic E-state index is -2.45. The molecule has 57 heavy (non-hydrogen) atoms. The van der Waals surface area contributed by atoms with Crippen molar-refractivity contribution in [3.63, 3.8) is 0 Å². The van der Waals surface area contributed by atoms with Crippen molar-refractivity contribution in [1.29, 1.82) is 0 Å². The summed E-state index contributed by atoms with van der Waals surface area (Å²) < 4.78 is 43.6. The first-order valence-electron chi connectivity index (χ1n) is 19.9. The number of aryl methyl sites for hydroxylation is 3. The van der Waals surface area contributed by atoms with Gasteiger partial charge < -0.3 is 32.8 Å². The summed E-state index contributed by atoms with van der Waals surface area (Å²) in [5, 5.41) is 2.30. The van der Waals surface area contributed by atoms with E-state index in [0.717, 1.165) is 0 Å². The molecular formula is C39H70N6O9Si3. The number of rotatable bonds is 13. The van der Waals surface area contributed by atoms with Crippen LogP contribution in [-0.4, -0.2) is 106 Å². The maximum atomic E-state index is 14.5. The maximum absolute atomic E-state index is 14.5. The minimum Gasteiger partial charge on any atom is -0.467 e. The van der Waals surface area contributed by atoms with Crippen molar-refractivity contribution in [1.82, 2.24) is 28.8 Å². The van der Waals surface area contributed by atoms with Crippen LogP contribution in [-0.2, 0) is 45.8 Å². The lowest BCUT2D eigenvalue weighted by atomic mass is 10.1. The van der Waals surface area contributed by atoms with Gasteiger partial charge in [0.1, 0.15) is 24.4 Å². The standard InChI is InChI=1S/C39H70N6O9Si3/c1-24-26(21-20-25(34(47)49-12)42-36(48)50-13)45-32(46)28-31(43(11)35(45)41-24)44(23-40-28)33-30(54-57(18,19)39(8,9)10)29(53-56(16,17)38(5,6)7)27(52-33)22-51-55(14,15)37(2,3)4/h23,25,27,29-30,33H,20-22H2,1-19H3,(H,42,48)/t25-,27+,29+,30+,33+/m0/s1. The zero-order chi connectivity index (χ0) is 43.4. The number of amides is 1. The van der Waals surface area contributed by atoms with Crippen molar-refractivity contribution >= 4 is 54.0 Å². The molecule has 1 aliphatic heterocycles. The van der Waals surface area contributed by atoms with Gasteiger partial charge in [-0.3, -0.25) is 13.9 Å². The third-order valence-corrected chi connectivity index (χ3v) is 26.5. The monoisotopic (exact) mass is 850 g/mol. The van der Waals surface area contributed by atoms with Gasteiger partial charge in [-0.05, 0) is 74.2 Å². The summed E-state index contributed by atoms with van der Waals surface area (Å²) in [6.07, 6.45) is -0.927. The van der Waals surface area contributed by atoms with Crippen LogP contribution in [0, 0.1) is 6.92 Å². The molecule has 15 nitrogen and oxygen atoms in total. The van der Waals surface area contributed by atoms with Gasteiger partial charge in [0, 0.05) is 7.05 Å². The van der Waals surface area contributed by atoms with Crippen molar-refractivity contribution < 1.29 is 37.1 Å². The second-order valence-electron chi connectivity index (χ2n) is 20.0. The fourth-order valence-corrected chi connectivity index (χ4v) is 9.87. The van der Waals surface area contributed by atoms with Crippen LogP contribution in [0.25, 0.3) is 16.9 Å². The third kappa shape index (κ3) is 9.31. The molecule has 1 amide bonds. The highest BCUT2D eigenvalue weighted by Gasteiger charge is 2.55. The molecule has 18 heteroatoms. The van der Waals surface area contributed by atoms with Crippen LogP contribution in [0.3, 0.4) is 0 Å². The van der Waals surface area contributed by atoms with E-state index in [1.165, 1.54) is 18.6 Å². The highest BCUT2D eigenvalue weighted by molar-refractivity contribution is 6.75. The molecule has 1 aliphatic rings. The Kier molecular flexibility index (Phi) is 13.4. The largest absolute Gasteiger partial charge is 0.467 e. The fraction of sp³-hybridized carbons (Fsp3) is 0.769. The van der Waals surface area contributed by atoms with Crippen LogP contribution in [0.4, 0.5) is 4.79 Å². The summed E-state index contributed by atoms with van der Waals surface area (Å²) in [6, 6.07) is -0.994. The van der Waals surface area contributed by atoms with Crippen molar-refractivity contribution in [2.24, 2.45) is 7.05 Å². The zero-order valence-electron chi connectivity index (χ0n) is 38.0. The number of carbonyl (C=O) groups excluding carboxylic acids is 2. The summed E-state index contributed by atoms with van der Waals surface area (Å²) >= 11 is 0. The Morgan fingerprint density at radius 3 is 1.93 bits per heavy atom. The highest BCUT2D eigenvalue weighted by atomic mass is 28.4. The summed E-state index contributed by atoms with van der Waals surface area (Å²) in [4.78, 5) is 48.6. The van der Waals surface area contributed by atoms with Crippen LogP contribution in [0.5, 0.6) is 0 Å². The number of methoxy groups -OCH3 is 2. The van der Waals surface area contributed by atoms with Crippen LogP contribution >= 0.6 is 0 Å². The van der Waals surface area contributed by atoms with E-state index in [-0.39, 0.29) is 39.0 Å². The van der Waals surface area contributed by atoms with Gasteiger partial charge in [-0.2, -0.15) is 0 Å². The normalized spacial score (nSPS) is 20.7. The zero-order valence-corrected chi connectivity index (χ0v) is 41.0. The predicted octanol–water partition coefficient (Wildman–Crippen LogP) is 7.22. The summed E-state index contributed by atoms with van der Waals surface area (Å²) in [5.74, 6) is -0.236. The Hall–Kier alpha value is -2.88. The Morgan fingerprint density at radius 1 is 0.877 bits per heavy atom. The molecule has 1 saturated heterocycles. The van der Waals surface area contributed by atoms with E-state index in [2.05, 4.69) is 107 Å². The second-order valence-corrected chi connectivity index (χ2v) is 34.4. The lowest BCUT2D eigenvalue weighted by Gasteiger charge is -2.44. The molecule has 0 bridgehead atoms. The number of hydrogen-bond donors (Lipinski definition) is 1. The predicted molar refractivity (Wildman–Crippen MR) is 229 cm³/mol. The first-order chi connectivity index (χ1) is 25.9. The van der Waals surface area contributed by atoms with Gasteiger partial charge in [-0.25, -0.2) is 24.0 Å². The Bertz CT molecular complexity index is 2000. The van der Waals surface area contributed by atoms with E-state index >= 15 is 0 Å². The molecule has 0 saturated carbocycles. The smallest absolute Gasteiger partial charge is 0.407 e. The lowest BCUT2D eigenvalue weighted by molar-refractivity contribution is -0.143. The average Bonchev–Trinajstić information content (AvgIpc) is 3.76. The van der Waals surface area contributed by atoms with E-state index in [1.807, 2.05) is 23.1 Å². The molecule has 0 aliphatic carbocycles. The van der Waals surface area contributed by atoms with E-state index in [9.17, 15) is 14.4 Å². The number of imidazole rings is 2. The number of ether oxygens (including phenoxy) is 3. The number of esters is 1. The average molecular weight is 851 g/mol.